The molecule has 0 unspecified atom stereocenters. The predicted molar refractivity (Wildman–Crippen MR) is 76.5 cm³/mol. The van der Waals surface area contributed by atoms with E-state index in [2.05, 4.69) is 33.9 Å². The number of carboxylic acid groups (broad SMARTS) is 1. The molecule has 5 nitrogen and oxygen atoms in total. The molecule has 0 atom stereocenters. The van der Waals surface area contributed by atoms with Gasteiger partial charge in [0.15, 0.2) is 0 Å². The highest BCUT2D eigenvalue weighted by molar-refractivity contribution is 5.75. The second kappa shape index (κ2) is 5.25. The molecule has 0 saturated carbocycles. The highest BCUT2D eigenvalue weighted by Crippen LogP contribution is 2.20. The molecule has 0 amide bonds. The number of carboxylic acids is 1. The van der Waals surface area contributed by atoms with Crippen molar-refractivity contribution in [1.82, 2.24) is 14.9 Å². The largest absolute Gasteiger partial charge is 0.481 e. The van der Waals surface area contributed by atoms with Crippen LogP contribution in [0.25, 0.3) is 11.0 Å². The summed E-state index contributed by atoms with van der Waals surface area (Å²) in [5, 5.41) is 9.00. The number of rotatable bonds is 3. The third kappa shape index (κ3) is 2.67. The molecule has 0 radical (unpaired) electrons. The van der Waals surface area contributed by atoms with E-state index in [1.165, 1.54) is 5.56 Å². The van der Waals surface area contributed by atoms with Crippen molar-refractivity contribution in [2.24, 2.45) is 5.92 Å². The first-order chi connectivity index (χ1) is 9.61. The van der Waals surface area contributed by atoms with Crippen LogP contribution in [0.3, 0.4) is 0 Å². The summed E-state index contributed by atoms with van der Waals surface area (Å²) in [6, 6.07) is 6.19. The minimum atomic E-state index is -0.663. The van der Waals surface area contributed by atoms with Crippen LogP contribution in [0.1, 0.15) is 24.2 Å². The van der Waals surface area contributed by atoms with Crippen LogP contribution in [0.5, 0.6) is 0 Å². The van der Waals surface area contributed by atoms with Gasteiger partial charge in [-0.25, -0.2) is 4.98 Å². The van der Waals surface area contributed by atoms with Crippen LogP contribution in [0, 0.1) is 12.8 Å². The van der Waals surface area contributed by atoms with Crippen LogP contribution in [0.2, 0.25) is 0 Å². The summed E-state index contributed by atoms with van der Waals surface area (Å²) in [7, 11) is 0. The summed E-state index contributed by atoms with van der Waals surface area (Å²) in [5.41, 5.74) is 3.28. The number of fused-ring (bicyclic) bond motifs is 1. The van der Waals surface area contributed by atoms with Crippen molar-refractivity contribution in [1.29, 1.82) is 0 Å². The molecule has 1 saturated heterocycles. The lowest BCUT2D eigenvalue weighted by molar-refractivity contribution is -0.143. The number of nitrogens with one attached hydrogen (secondary N) is 1. The number of aromatic nitrogens is 2. The number of piperidine rings is 1. The van der Waals surface area contributed by atoms with Crippen molar-refractivity contribution in [3.8, 4) is 0 Å². The highest BCUT2D eigenvalue weighted by atomic mass is 16.4. The third-order valence-corrected chi connectivity index (χ3v) is 4.00. The maximum atomic E-state index is 10.9. The molecular weight excluding hydrogens is 254 g/mol. The fraction of sp³-hybridized carbons (Fsp3) is 0.467. The van der Waals surface area contributed by atoms with Crippen molar-refractivity contribution in [2.45, 2.75) is 26.3 Å². The fourth-order valence-corrected chi connectivity index (χ4v) is 2.80. The van der Waals surface area contributed by atoms with Gasteiger partial charge in [-0.05, 0) is 50.6 Å². The Morgan fingerprint density at radius 1 is 1.45 bits per heavy atom. The Kier molecular flexibility index (Phi) is 3.44. The Bertz CT molecular complexity index is 627. The summed E-state index contributed by atoms with van der Waals surface area (Å²) >= 11 is 0. The number of aryl methyl sites for hydroxylation is 1. The summed E-state index contributed by atoms with van der Waals surface area (Å²) in [6.07, 6.45) is 1.46. The van der Waals surface area contributed by atoms with Crippen molar-refractivity contribution in [3.63, 3.8) is 0 Å². The van der Waals surface area contributed by atoms with Crippen molar-refractivity contribution >= 4 is 17.0 Å². The Balaban J connectivity index is 1.66. The number of H-pyrrole nitrogens is 1. The summed E-state index contributed by atoms with van der Waals surface area (Å²) < 4.78 is 0. The first kappa shape index (κ1) is 13.1. The van der Waals surface area contributed by atoms with Crippen LogP contribution < -0.4 is 0 Å². The molecule has 2 aromatic rings. The van der Waals surface area contributed by atoms with Gasteiger partial charge in [-0.2, -0.15) is 0 Å². The van der Waals surface area contributed by atoms with E-state index in [-0.39, 0.29) is 5.92 Å². The molecule has 2 N–H and O–H groups in total. The second-order valence-corrected chi connectivity index (χ2v) is 5.59. The number of imidazole rings is 1. The number of carbonyl (C=O) groups is 1. The SMILES string of the molecule is Cc1ccc2nc(CN3CCC(C(=O)O)CC3)[nH]c2c1. The number of benzene rings is 1. The monoisotopic (exact) mass is 273 g/mol. The number of hydrogen-bond donors (Lipinski definition) is 2. The number of likely N-dealkylation sites (tertiary alicyclic amines) is 1. The molecule has 1 aliphatic rings. The Hall–Kier alpha value is -1.88. The van der Waals surface area contributed by atoms with Crippen LogP contribution in [0.15, 0.2) is 18.2 Å². The van der Waals surface area contributed by atoms with Gasteiger partial charge in [0.2, 0.25) is 0 Å². The van der Waals surface area contributed by atoms with Crippen LogP contribution in [0.4, 0.5) is 0 Å². The lowest BCUT2D eigenvalue weighted by Crippen LogP contribution is -2.36. The molecule has 20 heavy (non-hydrogen) atoms. The van der Waals surface area contributed by atoms with Gasteiger partial charge in [-0.3, -0.25) is 9.69 Å². The zero-order valence-electron chi connectivity index (χ0n) is 11.6. The summed E-state index contributed by atoms with van der Waals surface area (Å²) in [5.74, 6) is 0.118. The number of hydrogen-bond acceptors (Lipinski definition) is 3. The van der Waals surface area contributed by atoms with E-state index in [9.17, 15) is 4.79 Å². The molecular formula is C15H19N3O2. The Morgan fingerprint density at radius 3 is 2.90 bits per heavy atom. The topological polar surface area (TPSA) is 69.2 Å². The molecule has 106 valence electrons. The quantitative estimate of drug-likeness (QED) is 0.899. The average Bonchev–Trinajstić information content (AvgIpc) is 2.80. The summed E-state index contributed by atoms with van der Waals surface area (Å²) in [4.78, 5) is 21.1. The summed E-state index contributed by atoms with van der Waals surface area (Å²) in [6.45, 7) is 4.48. The van der Waals surface area contributed by atoms with Gasteiger partial charge < -0.3 is 10.1 Å². The lowest BCUT2D eigenvalue weighted by Gasteiger charge is -2.29. The maximum Gasteiger partial charge on any atom is 0.306 e. The number of aromatic amines is 1. The van der Waals surface area contributed by atoms with E-state index in [1.54, 1.807) is 0 Å². The third-order valence-electron chi connectivity index (χ3n) is 4.00. The zero-order valence-corrected chi connectivity index (χ0v) is 11.6. The molecule has 0 bridgehead atoms. The predicted octanol–water partition coefficient (Wildman–Crippen LogP) is 2.17. The Labute approximate surface area is 117 Å². The van der Waals surface area contributed by atoms with Gasteiger partial charge in [0.1, 0.15) is 5.82 Å². The van der Waals surface area contributed by atoms with E-state index in [0.717, 1.165) is 49.3 Å². The molecule has 3 rings (SSSR count). The lowest BCUT2D eigenvalue weighted by atomic mass is 9.97. The first-order valence-corrected chi connectivity index (χ1v) is 7.02. The van der Waals surface area contributed by atoms with Crippen LogP contribution >= 0.6 is 0 Å². The van der Waals surface area contributed by atoms with Gasteiger partial charge in [0, 0.05) is 0 Å². The van der Waals surface area contributed by atoms with Crippen LogP contribution in [-0.2, 0) is 11.3 Å². The first-order valence-electron chi connectivity index (χ1n) is 7.02. The maximum absolute atomic E-state index is 10.9. The molecule has 0 spiro atoms. The van der Waals surface area contributed by atoms with Gasteiger partial charge in [0.25, 0.3) is 0 Å². The molecule has 1 aromatic heterocycles. The zero-order chi connectivity index (χ0) is 14.1. The standard InChI is InChI=1S/C15H19N3O2/c1-10-2-3-12-13(8-10)17-14(16-12)9-18-6-4-11(5-7-18)15(19)20/h2-3,8,11H,4-7,9H2,1H3,(H,16,17)(H,19,20). The van der Waals surface area contributed by atoms with Gasteiger partial charge in [0.05, 0.1) is 23.5 Å². The molecule has 1 fully saturated rings. The number of aliphatic carboxylic acids is 1. The van der Waals surface area contributed by atoms with Crippen molar-refractivity contribution in [3.05, 3.63) is 29.6 Å². The molecule has 0 aliphatic carbocycles. The van der Waals surface area contributed by atoms with Crippen molar-refractivity contribution in [2.75, 3.05) is 13.1 Å². The van der Waals surface area contributed by atoms with E-state index < -0.39 is 5.97 Å². The van der Waals surface area contributed by atoms with Crippen molar-refractivity contribution < 1.29 is 9.90 Å². The van der Waals surface area contributed by atoms with Gasteiger partial charge >= 0.3 is 5.97 Å². The second-order valence-electron chi connectivity index (χ2n) is 5.59. The Morgan fingerprint density at radius 2 is 2.20 bits per heavy atom. The van der Waals surface area contributed by atoms with Crippen LogP contribution in [-0.4, -0.2) is 39.0 Å². The molecule has 2 heterocycles. The minimum absolute atomic E-state index is 0.176. The van der Waals surface area contributed by atoms with E-state index in [1.807, 2.05) is 6.07 Å². The number of nitrogens with zero attached hydrogens (tertiary/aromatic N) is 2. The highest BCUT2D eigenvalue weighted by Gasteiger charge is 2.24. The normalized spacial score (nSPS) is 17.6. The molecule has 1 aliphatic heterocycles. The van der Waals surface area contributed by atoms with Gasteiger partial charge in [-0.15, -0.1) is 0 Å². The fourth-order valence-electron chi connectivity index (χ4n) is 2.80. The smallest absolute Gasteiger partial charge is 0.306 e. The molecule has 1 aromatic carbocycles. The minimum Gasteiger partial charge on any atom is -0.481 e. The molecule has 5 heteroatoms. The van der Waals surface area contributed by atoms with Gasteiger partial charge in [-0.1, -0.05) is 6.07 Å². The van der Waals surface area contributed by atoms with E-state index in [4.69, 9.17) is 5.11 Å². The average molecular weight is 273 g/mol. The van der Waals surface area contributed by atoms with E-state index in [0.29, 0.717) is 0 Å². The van der Waals surface area contributed by atoms with E-state index >= 15 is 0 Å².